The molecule has 0 saturated heterocycles. The molecule has 0 bridgehead atoms. The van der Waals surface area contributed by atoms with Crippen LogP contribution in [0.2, 0.25) is 0 Å². The lowest BCUT2D eigenvalue weighted by Gasteiger charge is -2.04. The van der Waals surface area contributed by atoms with Crippen molar-refractivity contribution in [3.05, 3.63) is 77.7 Å². The number of nitrogens with zero attached hydrogens (tertiary/aromatic N) is 3. The number of carbonyl (C=O) groups is 1. The highest BCUT2D eigenvalue weighted by molar-refractivity contribution is 7.99. The molecule has 0 aliphatic heterocycles. The number of rotatable bonds is 8. The van der Waals surface area contributed by atoms with Gasteiger partial charge < -0.3 is 5.32 Å². The van der Waals surface area contributed by atoms with E-state index < -0.39 is 0 Å². The molecule has 0 aliphatic carbocycles. The first-order valence-corrected chi connectivity index (χ1v) is 9.70. The largest absolute Gasteiger partial charge is 0.308 e. The number of aromatic nitrogens is 3. The molecule has 1 amide bonds. The minimum absolute atomic E-state index is 0.0264. The molecule has 0 saturated carbocycles. The minimum Gasteiger partial charge on any atom is -0.308 e. The van der Waals surface area contributed by atoms with Crippen molar-refractivity contribution in [1.29, 1.82) is 0 Å². The van der Waals surface area contributed by atoms with Crippen LogP contribution in [0.5, 0.6) is 0 Å². The Labute approximate surface area is 157 Å². The van der Waals surface area contributed by atoms with Gasteiger partial charge in [0.15, 0.2) is 5.82 Å². The summed E-state index contributed by atoms with van der Waals surface area (Å²) in [6, 6.07) is 14.2. The predicted molar refractivity (Wildman–Crippen MR) is 106 cm³/mol. The van der Waals surface area contributed by atoms with Crippen LogP contribution in [0.25, 0.3) is 0 Å². The molecule has 1 aromatic carbocycles. The van der Waals surface area contributed by atoms with Crippen LogP contribution in [0.4, 0.5) is 5.82 Å². The van der Waals surface area contributed by atoms with Gasteiger partial charge in [0.2, 0.25) is 5.91 Å². The highest BCUT2D eigenvalue weighted by Crippen LogP contribution is 2.13. The summed E-state index contributed by atoms with van der Waals surface area (Å²) >= 11 is 1.60. The van der Waals surface area contributed by atoms with E-state index in [4.69, 9.17) is 0 Å². The number of carbonyl (C=O) groups excluding carboxylic acids is 1. The Balaban J connectivity index is 1.40. The number of amides is 1. The van der Waals surface area contributed by atoms with Crippen LogP contribution in [-0.2, 0) is 23.5 Å². The van der Waals surface area contributed by atoms with Gasteiger partial charge in [-0.1, -0.05) is 29.8 Å². The van der Waals surface area contributed by atoms with Crippen LogP contribution < -0.4 is 5.32 Å². The second-order valence-corrected chi connectivity index (χ2v) is 7.08. The van der Waals surface area contributed by atoms with Crippen LogP contribution in [-0.4, -0.2) is 26.4 Å². The molecule has 3 aromatic rings. The lowest BCUT2D eigenvalue weighted by molar-refractivity contribution is -0.113. The van der Waals surface area contributed by atoms with E-state index in [0.717, 1.165) is 18.7 Å². The number of pyridine rings is 1. The second-order valence-electron chi connectivity index (χ2n) is 6.10. The second kappa shape index (κ2) is 9.20. The van der Waals surface area contributed by atoms with Gasteiger partial charge in [-0.25, -0.2) is 0 Å². The Bertz CT molecular complexity index is 831. The quantitative estimate of drug-likeness (QED) is 0.660. The summed E-state index contributed by atoms with van der Waals surface area (Å²) in [5, 5.41) is 7.26. The van der Waals surface area contributed by atoms with Gasteiger partial charge in [0, 0.05) is 37.0 Å². The van der Waals surface area contributed by atoms with E-state index >= 15 is 0 Å². The lowest BCUT2D eigenvalue weighted by atomic mass is 10.2. The molecule has 0 unspecified atom stereocenters. The standard InChI is InChI=1S/C20H22N4OS/c1-16-2-4-18(5-3-16)14-26-15-20(25)22-19-9-13-24(23-19)12-8-17-6-10-21-11-7-17/h2-7,9-11,13H,8,12,14-15H2,1H3,(H,22,23,25). The fraction of sp³-hybridized carbons (Fsp3) is 0.250. The molecular weight excluding hydrogens is 344 g/mol. The Morgan fingerprint density at radius 1 is 1.08 bits per heavy atom. The van der Waals surface area contributed by atoms with Crippen LogP contribution >= 0.6 is 11.8 Å². The first-order valence-electron chi connectivity index (χ1n) is 8.54. The zero-order valence-corrected chi connectivity index (χ0v) is 15.6. The van der Waals surface area contributed by atoms with Crippen molar-refractivity contribution in [3.63, 3.8) is 0 Å². The minimum atomic E-state index is -0.0264. The van der Waals surface area contributed by atoms with Gasteiger partial charge in [0.05, 0.1) is 5.75 Å². The molecule has 0 spiro atoms. The van der Waals surface area contributed by atoms with Gasteiger partial charge in [0.25, 0.3) is 0 Å². The van der Waals surface area contributed by atoms with Gasteiger partial charge in [-0.3, -0.25) is 14.5 Å². The van der Waals surface area contributed by atoms with Gasteiger partial charge >= 0.3 is 0 Å². The number of hydrogen-bond acceptors (Lipinski definition) is 4. The van der Waals surface area contributed by atoms with Gasteiger partial charge in [0.1, 0.15) is 0 Å². The maximum absolute atomic E-state index is 12.1. The molecule has 3 rings (SSSR count). The van der Waals surface area contributed by atoms with Gasteiger partial charge in [-0.05, 0) is 36.6 Å². The highest BCUT2D eigenvalue weighted by Gasteiger charge is 2.06. The monoisotopic (exact) mass is 366 g/mol. The SMILES string of the molecule is Cc1ccc(CSCC(=O)Nc2ccn(CCc3ccncc3)n2)cc1. The number of aryl methyl sites for hydroxylation is 3. The van der Waals surface area contributed by atoms with Crippen LogP contribution in [0, 0.1) is 6.92 Å². The van der Waals surface area contributed by atoms with Crippen molar-refractivity contribution >= 4 is 23.5 Å². The lowest BCUT2D eigenvalue weighted by Crippen LogP contribution is -2.15. The Hall–Kier alpha value is -2.60. The maximum Gasteiger partial charge on any atom is 0.235 e. The van der Waals surface area contributed by atoms with E-state index in [-0.39, 0.29) is 5.91 Å². The molecule has 5 nitrogen and oxygen atoms in total. The van der Waals surface area contributed by atoms with Gasteiger partial charge in [-0.2, -0.15) is 5.10 Å². The van der Waals surface area contributed by atoms with E-state index in [9.17, 15) is 4.79 Å². The summed E-state index contributed by atoms with van der Waals surface area (Å²) < 4.78 is 1.84. The number of anilines is 1. The zero-order valence-electron chi connectivity index (χ0n) is 14.8. The molecule has 134 valence electrons. The van der Waals surface area contributed by atoms with Crippen molar-refractivity contribution in [2.45, 2.75) is 25.6 Å². The van der Waals surface area contributed by atoms with Crippen molar-refractivity contribution < 1.29 is 4.79 Å². The molecule has 0 aliphatic rings. The average Bonchev–Trinajstić information content (AvgIpc) is 3.10. The predicted octanol–water partition coefficient (Wildman–Crippen LogP) is 3.70. The highest BCUT2D eigenvalue weighted by atomic mass is 32.2. The van der Waals surface area contributed by atoms with E-state index in [1.807, 2.05) is 29.1 Å². The summed E-state index contributed by atoms with van der Waals surface area (Å²) in [5.41, 5.74) is 3.69. The summed E-state index contributed by atoms with van der Waals surface area (Å²) in [5.74, 6) is 1.81. The van der Waals surface area contributed by atoms with E-state index in [1.54, 1.807) is 24.2 Å². The third-order valence-corrected chi connectivity index (χ3v) is 4.91. The van der Waals surface area contributed by atoms with Crippen LogP contribution in [0.1, 0.15) is 16.7 Å². The summed E-state index contributed by atoms with van der Waals surface area (Å²) in [4.78, 5) is 16.1. The Morgan fingerprint density at radius 2 is 1.85 bits per heavy atom. The number of benzene rings is 1. The van der Waals surface area contributed by atoms with Crippen molar-refractivity contribution in [3.8, 4) is 0 Å². The first kappa shape index (κ1) is 18.2. The molecule has 0 atom stereocenters. The molecule has 6 heteroatoms. The molecule has 2 heterocycles. The van der Waals surface area contributed by atoms with E-state index in [2.05, 4.69) is 46.6 Å². The van der Waals surface area contributed by atoms with Crippen molar-refractivity contribution in [2.24, 2.45) is 0 Å². The fourth-order valence-electron chi connectivity index (χ4n) is 2.47. The topological polar surface area (TPSA) is 59.8 Å². The molecule has 1 N–H and O–H groups in total. The molecule has 0 radical (unpaired) electrons. The smallest absolute Gasteiger partial charge is 0.235 e. The third kappa shape index (κ3) is 5.74. The van der Waals surface area contributed by atoms with Crippen molar-refractivity contribution in [1.82, 2.24) is 14.8 Å². The summed E-state index contributed by atoms with van der Waals surface area (Å²) in [6.07, 6.45) is 6.34. The van der Waals surface area contributed by atoms with Crippen molar-refractivity contribution in [2.75, 3.05) is 11.1 Å². The molecular formula is C20H22N4OS. The van der Waals surface area contributed by atoms with E-state index in [0.29, 0.717) is 11.6 Å². The van der Waals surface area contributed by atoms with Crippen LogP contribution in [0.15, 0.2) is 61.1 Å². The molecule has 26 heavy (non-hydrogen) atoms. The normalized spacial score (nSPS) is 10.7. The van der Waals surface area contributed by atoms with Crippen LogP contribution in [0.3, 0.4) is 0 Å². The van der Waals surface area contributed by atoms with E-state index in [1.165, 1.54) is 16.7 Å². The molecule has 0 fully saturated rings. The fourth-order valence-corrected chi connectivity index (χ4v) is 3.26. The molecule has 2 aromatic heterocycles. The number of thioether (sulfide) groups is 1. The number of nitrogens with one attached hydrogen (secondary N) is 1. The third-order valence-electron chi connectivity index (χ3n) is 3.91. The summed E-state index contributed by atoms with van der Waals surface area (Å²) in [6.45, 7) is 2.84. The van der Waals surface area contributed by atoms with Gasteiger partial charge in [-0.15, -0.1) is 11.8 Å². The first-order chi connectivity index (χ1) is 12.7. The summed E-state index contributed by atoms with van der Waals surface area (Å²) in [7, 11) is 0. The average molecular weight is 366 g/mol. The zero-order chi connectivity index (χ0) is 18.2. The Kier molecular flexibility index (Phi) is 6.44. The maximum atomic E-state index is 12.1. The Morgan fingerprint density at radius 3 is 2.62 bits per heavy atom. The number of hydrogen-bond donors (Lipinski definition) is 1.